The summed E-state index contributed by atoms with van der Waals surface area (Å²) >= 11 is 0. The number of carboxylic acids is 1. The maximum Gasteiger partial charge on any atom is 0.336 e. The average molecular weight is 374 g/mol. The molecule has 0 aliphatic rings. The molecule has 0 aliphatic heterocycles. The summed E-state index contributed by atoms with van der Waals surface area (Å²) in [5, 5.41) is 14.4. The van der Waals surface area contributed by atoms with Gasteiger partial charge in [-0.2, -0.15) is 0 Å². The summed E-state index contributed by atoms with van der Waals surface area (Å²) in [5.74, 6) is -1.52. The molecule has 1 heterocycles. The topological polar surface area (TPSA) is 109 Å². The number of carboxylic acid groups (broad SMARTS) is 1. The van der Waals surface area contributed by atoms with Crippen LogP contribution in [0.1, 0.15) is 45.6 Å². The molecular weight excluding hydrogens is 350 g/mol. The van der Waals surface area contributed by atoms with E-state index in [2.05, 4.69) is 5.32 Å². The minimum Gasteiger partial charge on any atom is -0.548 e. The van der Waals surface area contributed by atoms with Crippen molar-refractivity contribution >= 4 is 22.8 Å². The number of rotatable bonds is 9. The van der Waals surface area contributed by atoms with Gasteiger partial charge in [-0.1, -0.05) is 26.7 Å². The summed E-state index contributed by atoms with van der Waals surface area (Å²) in [6.07, 6.45) is 1.54. The number of hydrogen-bond donors (Lipinski definition) is 1. The van der Waals surface area contributed by atoms with Crippen LogP contribution in [0.25, 0.3) is 11.0 Å². The first-order valence-electron chi connectivity index (χ1n) is 9.10. The summed E-state index contributed by atoms with van der Waals surface area (Å²) < 4.78 is 10.8. The summed E-state index contributed by atoms with van der Waals surface area (Å²) in [4.78, 5) is 35.0. The second kappa shape index (κ2) is 9.21. The standard InChI is InChI=1S/C20H25NO6/c1-4-6-7-16(20(24)25)21-19(23)12(3)26-14-8-9-15-13(5-2)10-18(22)27-17(15)11-14/h8-12,16H,4-7H2,1-3H3,(H,21,23)(H,24,25)/p-1/t12-,16+/m0/s1. The smallest absolute Gasteiger partial charge is 0.336 e. The first-order chi connectivity index (χ1) is 12.8. The van der Waals surface area contributed by atoms with Gasteiger partial charge in [0.1, 0.15) is 11.3 Å². The van der Waals surface area contributed by atoms with Crippen molar-refractivity contribution in [1.29, 1.82) is 0 Å². The number of amides is 1. The lowest BCUT2D eigenvalue weighted by Gasteiger charge is -2.22. The highest BCUT2D eigenvalue weighted by Crippen LogP contribution is 2.23. The Morgan fingerprint density at radius 2 is 2.00 bits per heavy atom. The molecule has 1 amide bonds. The lowest BCUT2D eigenvalue weighted by Crippen LogP contribution is -2.51. The molecule has 0 bridgehead atoms. The number of carbonyl (C=O) groups excluding carboxylic acids is 2. The molecule has 0 radical (unpaired) electrons. The fraction of sp³-hybridized carbons (Fsp3) is 0.450. The average Bonchev–Trinajstić information content (AvgIpc) is 2.63. The van der Waals surface area contributed by atoms with Gasteiger partial charge in [0.2, 0.25) is 0 Å². The van der Waals surface area contributed by atoms with Crippen LogP contribution < -0.4 is 20.8 Å². The number of nitrogens with one attached hydrogen (secondary N) is 1. The first kappa shape index (κ1) is 20.5. The Hall–Kier alpha value is -2.83. The maximum atomic E-state index is 12.2. The normalized spacial score (nSPS) is 13.1. The Kier molecular flexibility index (Phi) is 6.98. The van der Waals surface area contributed by atoms with E-state index in [4.69, 9.17) is 9.15 Å². The van der Waals surface area contributed by atoms with E-state index in [0.717, 1.165) is 17.4 Å². The van der Waals surface area contributed by atoms with Gasteiger partial charge in [0.15, 0.2) is 6.10 Å². The fourth-order valence-corrected chi connectivity index (χ4v) is 2.78. The monoisotopic (exact) mass is 374 g/mol. The molecule has 2 atom stereocenters. The molecule has 0 aliphatic carbocycles. The molecule has 0 unspecified atom stereocenters. The third-order valence-electron chi connectivity index (χ3n) is 4.31. The zero-order chi connectivity index (χ0) is 20.0. The van der Waals surface area contributed by atoms with Crippen LogP contribution in [0, 0.1) is 0 Å². The molecule has 2 rings (SSSR count). The molecule has 0 saturated carbocycles. The zero-order valence-electron chi connectivity index (χ0n) is 15.7. The second-order valence-electron chi connectivity index (χ2n) is 6.38. The van der Waals surface area contributed by atoms with Crippen LogP contribution in [0.4, 0.5) is 0 Å². The molecule has 2 aromatic rings. The SMILES string of the molecule is CCCC[C@@H](NC(=O)[C@H](C)Oc1ccc2c(CC)cc(=O)oc2c1)C(=O)[O-]. The van der Waals surface area contributed by atoms with Crippen molar-refractivity contribution in [2.45, 2.75) is 58.6 Å². The number of unbranched alkanes of at least 4 members (excludes halogenated alkanes) is 1. The van der Waals surface area contributed by atoms with E-state index in [9.17, 15) is 19.5 Å². The number of carbonyl (C=O) groups is 2. The van der Waals surface area contributed by atoms with E-state index in [1.165, 1.54) is 13.0 Å². The predicted octanol–water partition coefficient (Wildman–Crippen LogP) is 1.55. The van der Waals surface area contributed by atoms with Crippen LogP contribution in [-0.2, 0) is 16.0 Å². The van der Waals surface area contributed by atoms with Crippen LogP contribution >= 0.6 is 0 Å². The Labute approximate surface area is 157 Å². The van der Waals surface area contributed by atoms with E-state index >= 15 is 0 Å². The lowest BCUT2D eigenvalue weighted by molar-refractivity contribution is -0.308. The van der Waals surface area contributed by atoms with E-state index in [1.807, 2.05) is 13.8 Å². The van der Waals surface area contributed by atoms with Gasteiger partial charge in [-0.15, -0.1) is 0 Å². The fourth-order valence-electron chi connectivity index (χ4n) is 2.78. The van der Waals surface area contributed by atoms with Gasteiger partial charge in [0, 0.05) is 17.5 Å². The van der Waals surface area contributed by atoms with Crippen LogP contribution in [0.3, 0.4) is 0 Å². The van der Waals surface area contributed by atoms with E-state index in [-0.39, 0.29) is 0 Å². The largest absolute Gasteiger partial charge is 0.548 e. The van der Waals surface area contributed by atoms with Gasteiger partial charge in [-0.25, -0.2) is 4.79 Å². The summed E-state index contributed by atoms with van der Waals surface area (Å²) in [5.41, 5.74) is 0.793. The molecule has 0 saturated heterocycles. The quantitative estimate of drug-likeness (QED) is 0.667. The Morgan fingerprint density at radius 3 is 2.63 bits per heavy atom. The highest BCUT2D eigenvalue weighted by molar-refractivity contribution is 5.86. The predicted molar refractivity (Wildman–Crippen MR) is 98.4 cm³/mol. The van der Waals surface area contributed by atoms with Gasteiger partial charge in [0.05, 0.1) is 12.0 Å². The number of ether oxygens (including phenoxy) is 1. The third-order valence-corrected chi connectivity index (χ3v) is 4.31. The highest BCUT2D eigenvalue weighted by Gasteiger charge is 2.20. The summed E-state index contributed by atoms with van der Waals surface area (Å²) in [6, 6.07) is 5.40. The van der Waals surface area contributed by atoms with E-state index in [1.54, 1.807) is 18.2 Å². The van der Waals surface area contributed by atoms with Gasteiger partial charge < -0.3 is 24.4 Å². The lowest BCUT2D eigenvalue weighted by atomic mass is 10.1. The number of benzene rings is 1. The second-order valence-corrected chi connectivity index (χ2v) is 6.38. The molecule has 7 nitrogen and oxygen atoms in total. The Balaban J connectivity index is 2.12. The van der Waals surface area contributed by atoms with Crippen molar-refractivity contribution in [3.63, 3.8) is 0 Å². The molecule has 1 N–H and O–H groups in total. The van der Waals surface area contributed by atoms with Crippen molar-refractivity contribution in [3.8, 4) is 5.75 Å². The van der Waals surface area contributed by atoms with Gasteiger partial charge in [-0.05, 0) is 37.5 Å². The summed E-state index contributed by atoms with van der Waals surface area (Å²) in [7, 11) is 0. The number of hydrogen-bond acceptors (Lipinski definition) is 6. The number of aliphatic carboxylic acids is 1. The third kappa shape index (κ3) is 5.32. The van der Waals surface area contributed by atoms with Crippen molar-refractivity contribution in [2.24, 2.45) is 0 Å². The molecule has 27 heavy (non-hydrogen) atoms. The minimum absolute atomic E-state index is 0.304. The Bertz CT molecular complexity index is 872. The first-order valence-corrected chi connectivity index (χ1v) is 9.10. The molecular formula is C20H24NO6-. The molecule has 1 aromatic heterocycles. The van der Waals surface area contributed by atoms with Gasteiger partial charge >= 0.3 is 5.63 Å². The zero-order valence-corrected chi connectivity index (χ0v) is 15.7. The van der Waals surface area contributed by atoms with Gasteiger partial charge in [0.25, 0.3) is 5.91 Å². The minimum atomic E-state index is -1.32. The van der Waals surface area contributed by atoms with Crippen LogP contribution in [0.15, 0.2) is 33.5 Å². The number of fused-ring (bicyclic) bond motifs is 1. The number of aryl methyl sites for hydroxylation is 1. The van der Waals surface area contributed by atoms with Crippen LogP contribution in [-0.4, -0.2) is 24.0 Å². The van der Waals surface area contributed by atoms with E-state index < -0.39 is 29.6 Å². The van der Waals surface area contributed by atoms with Gasteiger partial charge in [-0.3, -0.25) is 4.79 Å². The van der Waals surface area contributed by atoms with Crippen molar-refractivity contribution in [2.75, 3.05) is 0 Å². The molecule has 1 aromatic carbocycles. The maximum absolute atomic E-state index is 12.2. The van der Waals surface area contributed by atoms with Crippen molar-refractivity contribution < 1.29 is 23.8 Å². The van der Waals surface area contributed by atoms with Crippen LogP contribution in [0.2, 0.25) is 0 Å². The molecule has 7 heteroatoms. The van der Waals surface area contributed by atoms with E-state index in [0.29, 0.717) is 30.6 Å². The van der Waals surface area contributed by atoms with Crippen molar-refractivity contribution in [3.05, 3.63) is 40.2 Å². The summed E-state index contributed by atoms with van der Waals surface area (Å²) in [6.45, 7) is 5.39. The molecule has 0 spiro atoms. The molecule has 0 fully saturated rings. The molecule has 146 valence electrons. The van der Waals surface area contributed by atoms with Crippen molar-refractivity contribution in [1.82, 2.24) is 5.32 Å². The Morgan fingerprint density at radius 1 is 1.26 bits per heavy atom. The van der Waals surface area contributed by atoms with Crippen LogP contribution in [0.5, 0.6) is 5.75 Å². The highest BCUT2D eigenvalue weighted by atomic mass is 16.5.